The number of nitrogens with one attached hydrogen (secondary N) is 1. The zero-order chi connectivity index (χ0) is 13.2. The highest BCUT2D eigenvalue weighted by atomic mass is 15.2. The van der Waals surface area contributed by atoms with Crippen molar-refractivity contribution in [1.82, 2.24) is 5.32 Å². The predicted molar refractivity (Wildman–Crippen MR) is 81.6 cm³/mol. The summed E-state index contributed by atoms with van der Waals surface area (Å²) < 4.78 is 0. The average molecular weight is 258 g/mol. The van der Waals surface area contributed by atoms with Gasteiger partial charge in [0, 0.05) is 30.4 Å². The monoisotopic (exact) mass is 258 g/mol. The van der Waals surface area contributed by atoms with E-state index in [1.54, 1.807) is 0 Å². The first-order valence-electron chi connectivity index (χ1n) is 7.88. The van der Waals surface area contributed by atoms with Crippen LogP contribution in [-0.2, 0) is 6.54 Å². The molecule has 0 bridgehead atoms. The average Bonchev–Trinajstić information content (AvgIpc) is 3.19. The Morgan fingerprint density at radius 3 is 2.47 bits per heavy atom. The predicted octanol–water partition coefficient (Wildman–Crippen LogP) is 3.71. The van der Waals surface area contributed by atoms with Crippen LogP contribution in [-0.4, -0.2) is 18.1 Å². The minimum Gasteiger partial charge on any atom is -0.366 e. The van der Waals surface area contributed by atoms with Crippen LogP contribution in [0.15, 0.2) is 24.3 Å². The Morgan fingerprint density at radius 1 is 1.11 bits per heavy atom. The summed E-state index contributed by atoms with van der Waals surface area (Å²) in [5.74, 6) is 0. The van der Waals surface area contributed by atoms with Crippen molar-refractivity contribution in [3.63, 3.8) is 0 Å². The summed E-state index contributed by atoms with van der Waals surface area (Å²) in [6.45, 7) is 5.69. The van der Waals surface area contributed by atoms with E-state index >= 15 is 0 Å². The number of rotatable bonds is 5. The second-order valence-corrected chi connectivity index (χ2v) is 6.22. The quantitative estimate of drug-likeness (QED) is 0.866. The molecule has 0 aromatic heterocycles. The van der Waals surface area contributed by atoms with Gasteiger partial charge in [-0.1, -0.05) is 19.1 Å². The van der Waals surface area contributed by atoms with Crippen LogP contribution in [0.3, 0.4) is 0 Å². The van der Waals surface area contributed by atoms with E-state index in [9.17, 15) is 0 Å². The Balaban J connectivity index is 1.66. The van der Waals surface area contributed by atoms with Crippen LogP contribution in [0.1, 0.15) is 51.5 Å². The zero-order valence-corrected chi connectivity index (χ0v) is 12.2. The molecule has 1 heterocycles. The van der Waals surface area contributed by atoms with Crippen molar-refractivity contribution in [3.8, 4) is 0 Å². The summed E-state index contributed by atoms with van der Waals surface area (Å²) >= 11 is 0. The van der Waals surface area contributed by atoms with Gasteiger partial charge in [0.2, 0.25) is 0 Å². The van der Waals surface area contributed by atoms with E-state index in [1.165, 1.54) is 43.4 Å². The molecule has 1 saturated heterocycles. The van der Waals surface area contributed by atoms with E-state index < -0.39 is 0 Å². The molecule has 2 aliphatic rings. The van der Waals surface area contributed by atoms with Gasteiger partial charge < -0.3 is 10.2 Å². The lowest BCUT2D eigenvalue weighted by Crippen LogP contribution is -2.34. The molecule has 2 unspecified atom stereocenters. The number of nitrogens with zero attached hydrogens (tertiary/aromatic N) is 1. The van der Waals surface area contributed by atoms with Crippen LogP contribution in [0.4, 0.5) is 5.69 Å². The molecule has 1 aliphatic carbocycles. The number of benzene rings is 1. The van der Waals surface area contributed by atoms with Gasteiger partial charge in [-0.15, -0.1) is 0 Å². The fourth-order valence-corrected chi connectivity index (χ4v) is 3.27. The normalized spacial score (nSPS) is 26.9. The molecule has 1 aromatic rings. The largest absolute Gasteiger partial charge is 0.366 e. The van der Waals surface area contributed by atoms with Gasteiger partial charge in [0.15, 0.2) is 0 Å². The third-order valence-electron chi connectivity index (χ3n) is 4.66. The van der Waals surface area contributed by atoms with Crippen molar-refractivity contribution in [2.24, 2.45) is 0 Å². The summed E-state index contributed by atoms with van der Waals surface area (Å²) in [5, 5.41) is 3.58. The highest BCUT2D eigenvalue weighted by Gasteiger charge is 2.29. The smallest absolute Gasteiger partial charge is 0.0371 e. The van der Waals surface area contributed by atoms with Crippen molar-refractivity contribution in [1.29, 1.82) is 0 Å². The number of anilines is 1. The fraction of sp³-hybridized carbons (Fsp3) is 0.647. The molecule has 19 heavy (non-hydrogen) atoms. The minimum absolute atomic E-state index is 0.695. The first-order valence-corrected chi connectivity index (χ1v) is 7.88. The molecule has 0 amide bonds. The second-order valence-electron chi connectivity index (χ2n) is 6.22. The SMILES string of the molecule is CCC1CCC(C)N1c1ccc(CNC2CC2)cc1. The maximum Gasteiger partial charge on any atom is 0.0371 e. The van der Waals surface area contributed by atoms with Gasteiger partial charge in [-0.3, -0.25) is 0 Å². The van der Waals surface area contributed by atoms with Crippen molar-refractivity contribution in [3.05, 3.63) is 29.8 Å². The van der Waals surface area contributed by atoms with Gasteiger partial charge in [-0.25, -0.2) is 0 Å². The Labute approximate surface area is 117 Å². The topological polar surface area (TPSA) is 15.3 Å². The van der Waals surface area contributed by atoms with Gasteiger partial charge in [0.25, 0.3) is 0 Å². The minimum atomic E-state index is 0.695. The lowest BCUT2D eigenvalue weighted by atomic mass is 10.1. The van der Waals surface area contributed by atoms with Gasteiger partial charge in [-0.2, -0.15) is 0 Å². The van der Waals surface area contributed by atoms with Crippen LogP contribution in [0.5, 0.6) is 0 Å². The summed E-state index contributed by atoms with van der Waals surface area (Å²) in [7, 11) is 0. The summed E-state index contributed by atoms with van der Waals surface area (Å²) in [6.07, 6.45) is 6.67. The molecule has 2 heteroatoms. The van der Waals surface area contributed by atoms with E-state index in [2.05, 4.69) is 48.3 Å². The molecule has 1 N–H and O–H groups in total. The molecular formula is C17H26N2. The molecule has 1 saturated carbocycles. The van der Waals surface area contributed by atoms with E-state index in [-0.39, 0.29) is 0 Å². The first kappa shape index (κ1) is 13.0. The maximum absolute atomic E-state index is 3.58. The Kier molecular flexibility index (Phi) is 3.79. The van der Waals surface area contributed by atoms with Crippen molar-refractivity contribution >= 4 is 5.69 Å². The maximum atomic E-state index is 3.58. The molecule has 3 rings (SSSR count). The Hall–Kier alpha value is -1.02. The molecule has 1 aromatic carbocycles. The van der Waals surface area contributed by atoms with Gasteiger partial charge in [-0.05, 0) is 56.7 Å². The van der Waals surface area contributed by atoms with E-state index in [4.69, 9.17) is 0 Å². The van der Waals surface area contributed by atoms with Crippen LogP contribution in [0, 0.1) is 0 Å². The summed E-state index contributed by atoms with van der Waals surface area (Å²) in [5.41, 5.74) is 2.82. The Bertz CT molecular complexity index is 408. The number of hydrogen-bond acceptors (Lipinski definition) is 2. The summed E-state index contributed by atoms with van der Waals surface area (Å²) in [4.78, 5) is 2.62. The molecule has 2 fully saturated rings. The Morgan fingerprint density at radius 2 is 1.84 bits per heavy atom. The van der Waals surface area contributed by atoms with E-state index in [1.807, 2.05) is 0 Å². The van der Waals surface area contributed by atoms with Crippen LogP contribution in [0.2, 0.25) is 0 Å². The molecule has 0 radical (unpaired) electrons. The van der Waals surface area contributed by atoms with Gasteiger partial charge >= 0.3 is 0 Å². The molecule has 2 atom stereocenters. The first-order chi connectivity index (χ1) is 9.28. The lowest BCUT2D eigenvalue weighted by molar-refractivity contribution is 0.627. The standard InChI is InChI=1S/C17H26N2/c1-3-16-9-4-13(2)19(16)17-10-5-14(6-11-17)12-18-15-7-8-15/h5-6,10-11,13,15-16,18H,3-4,7-9,12H2,1-2H3. The second kappa shape index (κ2) is 5.54. The van der Waals surface area contributed by atoms with E-state index in [0.717, 1.165) is 18.6 Å². The third kappa shape index (κ3) is 2.94. The molecule has 1 aliphatic heterocycles. The lowest BCUT2D eigenvalue weighted by Gasteiger charge is -2.30. The van der Waals surface area contributed by atoms with Crippen molar-refractivity contribution in [2.45, 2.75) is 70.6 Å². The van der Waals surface area contributed by atoms with Crippen LogP contribution >= 0.6 is 0 Å². The van der Waals surface area contributed by atoms with Crippen LogP contribution in [0.25, 0.3) is 0 Å². The van der Waals surface area contributed by atoms with Crippen molar-refractivity contribution < 1.29 is 0 Å². The molecular weight excluding hydrogens is 232 g/mol. The zero-order valence-electron chi connectivity index (χ0n) is 12.2. The van der Waals surface area contributed by atoms with E-state index in [0.29, 0.717) is 6.04 Å². The highest BCUT2D eigenvalue weighted by molar-refractivity contribution is 5.50. The van der Waals surface area contributed by atoms with Crippen LogP contribution < -0.4 is 10.2 Å². The number of hydrogen-bond donors (Lipinski definition) is 1. The fourth-order valence-electron chi connectivity index (χ4n) is 3.27. The molecule has 104 valence electrons. The summed E-state index contributed by atoms with van der Waals surface area (Å²) in [6, 6.07) is 11.4. The molecule has 0 spiro atoms. The van der Waals surface area contributed by atoms with Gasteiger partial charge in [0.1, 0.15) is 0 Å². The third-order valence-corrected chi connectivity index (χ3v) is 4.66. The van der Waals surface area contributed by atoms with Gasteiger partial charge in [0.05, 0.1) is 0 Å². The molecule has 2 nitrogen and oxygen atoms in total. The van der Waals surface area contributed by atoms with Crippen molar-refractivity contribution in [2.75, 3.05) is 4.90 Å². The highest BCUT2D eigenvalue weighted by Crippen LogP contribution is 2.32.